The van der Waals surface area contributed by atoms with E-state index in [0.717, 1.165) is 19.3 Å². The molecule has 1 aromatic rings. The van der Waals surface area contributed by atoms with Gasteiger partial charge in [-0.3, -0.25) is 4.79 Å². The summed E-state index contributed by atoms with van der Waals surface area (Å²) in [7, 11) is 0. The van der Waals surface area contributed by atoms with Crippen LogP contribution < -0.4 is 5.32 Å². The maximum absolute atomic E-state index is 12.4. The molecule has 0 spiro atoms. The molecule has 0 radical (unpaired) electrons. The zero-order valence-corrected chi connectivity index (χ0v) is 13.5. The zero-order chi connectivity index (χ0) is 15.9. The number of hydrogen-bond acceptors (Lipinski definition) is 2. The lowest BCUT2D eigenvalue weighted by atomic mass is 9.89. The predicted molar refractivity (Wildman–Crippen MR) is 86.5 cm³/mol. The highest BCUT2D eigenvalue weighted by atomic mass is 35.5. The second kappa shape index (κ2) is 8.07. The van der Waals surface area contributed by atoms with E-state index in [-0.39, 0.29) is 18.1 Å². The van der Waals surface area contributed by atoms with Gasteiger partial charge in [0, 0.05) is 16.7 Å². The van der Waals surface area contributed by atoms with Crippen molar-refractivity contribution in [1.29, 1.82) is 0 Å². The molecule has 0 aliphatic heterocycles. The van der Waals surface area contributed by atoms with Crippen molar-refractivity contribution in [3.63, 3.8) is 0 Å². The summed E-state index contributed by atoms with van der Waals surface area (Å²) in [5.74, 6) is 5.17. The first-order valence-electron chi connectivity index (χ1n) is 7.23. The topological polar surface area (TPSA) is 49.3 Å². The quantitative estimate of drug-likeness (QED) is 0.819. The molecule has 21 heavy (non-hydrogen) atoms. The summed E-state index contributed by atoms with van der Waals surface area (Å²) in [4.78, 5) is 12.4. The summed E-state index contributed by atoms with van der Waals surface area (Å²) in [6.45, 7) is 6.01. The number of benzene rings is 1. The van der Waals surface area contributed by atoms with E-state index in [9.17, 15) is 4.79 Å². The zero-order valence-electron chi connectivity index (χ0n) is 12.8. The van der Waals surface area contributed by atoms with Crippen molar-refractivity contribution in [2.24, 2.45) is 0 Å². The first-order chi connectivity index (χ1) is 10.0. The van der Waals surface area contributed by atoms with E-state index in [1.165, 1.54) is 0 Å². The lowest BCUT2D eigenvalue weighted by molar-refractivity contribution is 0.0888. The van der Waals surface area contributed by atoms with Crippen LogP contribution in [-0.4, -0.2) is 23.2 Å². The van der Waals surface area contributed by atoms with Gasteiger partial charge in [-0.2, -0.15) is 0 Å². The number of amides is 1. The number of halogens is 1. The first-order valence-corrected chi connectivity index (χ1v) is 7.61. The average Bonchev–Trinajstić information content (AvgIpc) is 2.51. The van der Waals surface area contributed by atoms with Crippen molar-refractivity contribution in [2.45, 2.75) is 45.6 Å². The molecule has 0 saturated carbocycles. The van der Waals surface area contributed by atoms with Crippen molar-refractivity contribution < 1.29 is 9.90 Å². The van der Waals surface area contributed by atoms with E-state index >= 15 is 0 Å². The Morgan fingerprint density at radius 1 is 1.29 bits per heavy atom. The molecule has 4 heteroatoms. The van der Waals surface area contributed by atoms with Crippen LogP contribution in [0.3, 0.4) is 0 Å². The van der Waals surface area contributed by atoms with Crippen LogP contribution in [0.2, 0.25) is 5.02 Å². The van der Waals surface area contributed by atoms with E-state index in [2.05, 4.69) is 37.9 Å². The van der Waals surface area contributed by atoms with Crippen molar-refractivity contribution in [3.05, 3.63) is 34.3 Å². The Hall–Kier alpha value is -1.50. The maximum atomic E-state index is 12.4. The number of aliphatic hydroxyl groups is 1. The third-order valence-corrected chi connectivity index (χ3v) is 4.26. The van der Waals surface area contributed by atoms with E-state index in [4.69, 9.17) is 16.7 Å². The largest absolute Gasteiger partial charge is 0.384 e. The normalized spacial score (nSPS) is 10.7. The third-order valence-electron chi connectivity index (χ3n) is 3.94. The smallest absolute Gasteiger partial charge is 0.251 e. The van der Waals surface area contributed by atoms with Gasteiger partial charge in [-0.25, -0.2) is 0 Å². The average molecular weight is 308 g/mol. The van der Waals surface area contributed by atoms with Crippen LogP contribution in [-0.2, 0) is 0 Å². The van der Waals surface area contributed by atoms with Gasteiger partial charge < -0.3 is 10.4 Å². The minimum atomic E-state index is -0.218. The molecule has 3 nitrogen and oxygen atoms in total. The molecule has 1 aromatic carbocycles. The number of nitrogens with one attached hydrogen (secondary N) is 1. The third kappa shape index (κ3) is 4.49. The van der Waals surface area contributed by atoms with Crippen molar-refractivity contribution in [3.8, 4) is 11.8 Å². The standard InChI is InChI=1S/C17H22ClNO2/c1-4-17(5-2,6-3)19-16(21)14-10-9-13(8-7-11-20)15(18)12-14/h9-10,12,20H,4-6,11H2,1-3H3,(H,19,21). The molecule has 0 aromatic heterocycles. The molecule has 0 saturated heterocycles. The highest BCUT2D eigenvalue weighted by molar-refractivity contribution is 6.32. The summed E-state index contributed by atoms with van der Waals surface area (Å²) in [6.07, 6.45) is 2.67. The first kappa shape index (κ1) is 17.6. The highest BCUT2D eigenvalue weighted by Crippen LogP contribution is 2.22. The van der Waals surface area contributed by atoms with Crippen molar-refractivity contribution in [1.82, 2.24) is 5.32 Å². The Labute approximate surface area is 131 Å². The number of carbonyl (C=O) groups is 1. The Morgan fingerprint density at radius 2 is 1.90 bits per heavy atom. The summed E-state index contributed by atoms with van der Waals surface area (Å²) in [6, 6.07) is 5.02. The van der Waals surface area contributed by atoms with Gasteiger partial charge in [0.2, 0.25) is 0 Å². The molecule has 0 aliphatic carbocycles. The van der Waals surface area contributed by atoms with Gasteiger partial charge in [0.25, 0.3) is 5.91 Å². The number of rotatable bonds is 5. The van der Waals surface area contributed by atoms with E-state index < -0.39 is 0 Å². The molecule has 0 heterocycles. The molecule has 0 aliphatic rings. The Bertz CT molecular complexity index is 545. The molecule has 2 N–H and O–H groups in total. The molecule has 114 valence electrons. The number of hydrogen-bond donors (Lipinski definition) is 2. The van der Waals surface area contributed by atoms with Crippen molar-refractivity contribution in [2.75, 3.05) is 6.61 Å². The summed E-state index contributed by atoms with van der Waals surface area (Å²) in [5, 5.41) is 12.2. The van der Waals surface area contributed by atoms with Crippen molar-refractivity contribution >= 4 is 17.5 Å². The SMILES string of the molecule is CCC(CC)(CC)NC(=O)c1ccc(C#CCO)c(Cl)c1. The molecular formula is C17H22ClNO2. The Balaban J connectivity index is 2.96. The summed E-state index contributed by atoms with van der Waals surface area (Å²) < 4.78 is 0. The van der Waals surface area contributed by atoms with Gasteiger partial charge >= 0.3 is 0 Å². The predicted octanol–water partition coefficient (Wildman–Crippen LogP) is 3.38. The molecule has 1 amide bonds. The number of aliphatic hydroxyl groups excluding tert-OH is 1. The van der Waals surface area contributed by atoms with Crippen LogP contribution in [0.5, 0.6) is 0 Å². The van der Waals surface area contributed by atoms with Gasteiger partial charge in [0.15, 0.2) is 0 Å². The Kier molecular flexibility index (Phi) is 6.74. The van der Waals surface area contributed by atoms with E-state index in [1.807, 2.05) is 0 Å². The molecule has 0 bridgehead atoms. The molecule has 0 fully saturated rings. The fourth-order valence-corrected chi connectivity index (χ4v) is 2.45. The minimum Gasteiger partial charge on any atom is -0.384 e. The lowest BCUT2D eigenvalue weighted by Crippen LogP contribution is -2.47. The van der Waals surface area contributed by atoms with Gasteiger partial charge in [0.1, 0.15) is 6.61 Å². The lowest BCUT2D eigenvalue weighted by Gasteiger charge is -2.31. The van der Waals surface area contributed by atoms with Gasteiger partial charge in [-0.1, -0.05) is 44.2 Å². The van der Waals surface area contributed by atoms with Gasteiger partial charge in [0.05, 0.1) is 5.02 Å². The monoisotopic (exact) mass is 307 g/mol. The second-order valence-corrected chi connectivity index (χ2v) is 5.36. The fourth-order valence-electron chi connectivity index (χ4n) is 2.22. The summed E-state index contributed by atoms with van der Waals surface area (Å²) >= 11 is 6.12. The van der Waals surface area contributed by atoms with Gasteiger partial charge in [-0.15, -0.1) is 0 Å². The van der Waals surface area contributed by atoms with Crippen LogP contribution in [0.1, 0.15) is 56.0 Å². The van der Waals surface area contributed by atoms with Crippen LogP contribution >= 0.6 is 11.6 Å². The van der Waals surface area contributed by atoms with Gasteiger partial charge in [-0.05, 0) is 37.5 Å². The second-order valence-electron chi connectivity index (χ2n) is 4.95. The summed E-state index contributed by atoms with van der Waals surface area (Å²) in [5.41, 5.74) is 0.961. The van der Waals surface area contributed by atoms with Crippen LogP contribution in [0.4, 0.5) is 0 Å². The van der Waals surface area contributed by atoms with Crippen LogP contribution in [0.25, 0.3) is 0 Å². The minimum absolute atomic E-state index is 0.121. The maximum Gasteiger partial charge on any atom is 0.251 e. The molecular weight excluding hydrogens is 286 g/mol. The number of carbonyl (C=O) groups excluding carboxylic acids is 1. The molecule has 1 rings (SSSR count). The fraction of sp³-hybridized carbons (Fsp3) is 0.471. The van der Waals surface area contributed by atoms with Crippen LogP contribution in [0, 0.1) is 11.8 Å². The molecule has 0 atom stereocenters. The van der Waals surface area contributed by atoms with E-state index in [0.29, 0.717) is 16.1 Å². The van der Waals surface area contributed by atoms with Crippen LogP contribution in [0.15, 0.2) is 18.2 Å². The van der Waals surface area contributed by atoms with E-state index in [1.54, 1.807) is 18.2 Å². The Morgan fingerprint density at radius 3 is 2.38 bits per heavy atom. The molecule has 0 unspecified atom stereocenters. The highest BCUT2D eigenvalue weighted by Gasteiger charge is 2.26.